The number of nitrogens with zero attached hydrogens (tertiary/aromatic N) is 9. The summed E-state index contributed by atoms with van der Waals surface area (Å²) in [5.41, 5.74) is 16.1. The second kappa shape index (κ2) is 27.0. The van der Waals surface area contributed by atoms with Crippen molar-refractivity contribution < 1.29 is 34.0 Å². The van der Waals surface area contributed by atoms with E-state index in [-0.39, 0.29) is 6.61 Å². The number of aromatic nitrogens is 6. The van der Waals surface area contributed by atoms with Gasteiger partial charge in [-0.2, -0.15) is 0 Å². The van der Waals surface area contributed by atoms with Crippen LogP contribution in [0.25, 0.3) is 44.1 Å². The molecule has 0 fully saturated rings. The molecule has 86 heavy (non-hydrogen) atoms. The molecule has 2 aliphatic heterocycles. The molecule has 0 saturated heterocycles. The van der Waals surface area contributed by atoms with Gasteiger partial charge in [0.15, 0.2) is 12.2 Å². The summed E-state index contributed by atoms with van der Waals surface area (Å²) in [6.07, 6.45) is 5.01. The standard InChI is InChI=1S/C34H43N5O3.C31H36N4O4.C4H11N/c1-9-37(10-2)20-24-18-35-33(36-19-24)39-16-15-38-22(4)17-26-28(25-13-11-21(3)12-14-25)27(23(5)29(39)30(26)38)31(32(40)41)42-34(6,7)8;1-18-8-10-22(11-9-18)25-23-14-19(2)34-12-13-35(30-32-15-21(17-36)16-33-30)26(27(23)34)20(3)24(25)28(29(37)38-7)39-31(4,5)6;1-3-5-4-2/h11-14,17-19,31H,9-10,15-16,20H2,1-8H3,(H,40,41);8-11,14-16,28,36H,12-13,17H2,1-7H3;5H,3-4H2,1-2H3/t31-;28-;/m00./s1. The van der Waals surface area contributed by atoms with Gasteiger partial charge in [-0.1, -0.05) is 87.4 Å². The largest absolute Gasteiger partial charge is 0.479 e. The van der Waals surface area contributed by atoms with Crippen molar-refractivity contribution in [2.45, 2.75) is 160 Å². The molecular weight excluding hydrogens is 1080 g/mol. The summed E-state index contributed by atoms with van der Waals surface area (Å²) in [5.74, 6) is -0.300. The maximum Gasteiger partial charge on any atom is 0.339 e. The summed E-state index contributed by atoms with van der Waals surface area (Å²) in [5, 5.41) is 25.3. The Kier molecular flexibility index (Phi) is 20.3. The predicted octanol–water partition coefficient (Wildman–Crippen LogP) is 13.3. The number of carbonyl (C=O) groups is 2. The van der Waals surface area contributed by atoms with Gasteiger partial charge in [0.05, 0.1) is 47.3 Å². The van der Waals surface area contributed by atoms with Gasteiger partial charge in [0.2, 0.25) is 11.9 Å². The zero-order valence-electron chi connectivity index (χ0n) is 53.8. The number of aryl methyl sites for hydroxylation is 4. The molecule has 0 unspecified atom stereocenters. The third kappa shape index (κ3) is 13.7. The van der Waals surface area contributed by atoms with Crippen LogP contribution in [0.1, 0.15) is 137 Å². The summed E-state index contributed by atoms with van der Waals surface area (Å²) in [6, 6.07) is 21.1. The predicted molar refractivity (Wildman–Crippen MR) is 345 cm³/mol. The first-order valence-electron chi connectivity index (χ1n) is 30.2. The number of aliphatic carboxylic acids is 1. The van der Waals surface area contributed by atoms with Gasteiger partial charge in [0.1, 0.15) is 0 Å². The summed E-state index contributed by atoms with van der Waals surface area (Å²) in [4.78, 5) is 51.7. The van der Waals surface area contributed by atoms with Gasteiger partial charge in [-0.15, -0.1) is 0 Å². The summed E-state index contributed by atoms with van der Waals surface area (Å²) in [6.45, 7) is 40.1. The number of aliphatic hydroxyl groups is 1. The number of carbonyl (C=O) groups excluding carboxylic acids is 1. The van der Waals surface area contributed by atoms with E-state index in [0.29, 0.717) is 36.1 Å². The first-order valence-corrected chi connectivity index (χ1v) is 30.2. The van der Waals surface area contributed by atoms with E-state index in [1.807, 2.05) is 67.8 Å². The number of benzene rings is 4. The van der Waals surface area contributed by atoms with E-state index in [0.717, 1.165) is 146 Å². The van der Waals surface area contributed by atoms with E-state index in [4.69, 9.17) is 24.2 Å². The smallest absolute Gasteiger partial charge is 0.339 e. The van der Waals surface area contributed by atoms with Gasteiger partial charge in [0, 0.05) is 102 Å². The van der Waals surface area contributed by atoms with E-state index in [2.05, 4.69) is 155 Å². The first kappa shape index (κ1) is 64.5. The molecule has 0 amide bonds. The molecule has 4 aromatic heterocycles. The molecule has 6 heterocycles. The lowest BCUT2D eigenvalue weighted by atomic mass is 9.87. The molecule has 4 aromatic carbocycles. The van der Waals surface area contributed by atoms with Crippen LogP contribution in [0.2, 0.25) is 0 Å². The number of carboxylic acids is 1. The van der Waals surface area contributed by atoms with E-state index < -0.39 is 35.3 Å². The molecule has 0 bridgehead atoms. The third-order valence-electron chi connectivity index (χ3n) is 15.9. The Labute approximate surface area is 508 Å². The molecule has 0 saturated carbocycles. The fraction of sp³-hybridized carbons (Fsp3) is 0.449. The molecule has 17 nitrogen and oxygen atoms in total. The van der Waals surface area contributed by atoms with Crippen LogP contribution in [0.5, 0.6) is 0 Å². The summed E-state index contributed by atoms with van der Waals surface area (Å²) < 4.78 is 22.7. The van der Waals surface area contributed by atoms with Crippen LogP contribution >= 0.6 is 0 Å². The topological polar surface area (TPSA) is 185 Å². The molecule has 0 spiro atoms. The van der Waals surface area contributed by atoms with Gasteiger partial charge in [-0.05, 0) is 155 Å². The average molecular weight is 1170 g/mol. The maximum atomic E-state index is 13.4. The monoisotopic (exact) mass is 1170 g/mol. The van der Waals surface area contributed by atoms with Crippen LogP contribution in [-0.2, 0) is 50.0 Å². The molecule has 2 aliphatic rings. The average Bonchev–Trinajstić information content (AvgIpc) is 1.49. The molecule has 458 valence electrons. The Morgan fingerprint density at radius 1 is 0.605 bits per heavy atom. The van der Waals surface area contributed by atoms with Gasteiger partial charge in [0.25, 0.3) is 0 Å². The van der Waals surface area contributed by atoms with Crippen LogP contribution in [0.4, 0.5) is 23.3 Å². The molecule has 17 heteroatoms. The van der Waals surface area contributed by atoms with Crippen molar-refractivity contribution in [1.29, 1.82) is 0 Å². The minimum atomic E-state index is -1.16. The molecule has 0 radical (unpaired) electrons. The molecule has 0 aliphatic carbocycles. The highest BCUT2D eigenvalue weighted by atomic mass is 16.6. The Morgan fingerprint density at radius 2 is 1.00 bits per heavy atom. The van der Waals surface area contributed by atoms with Crippen LogP contribution in [0, 0.1) is 41.5 Å². The van der Waals surface area contributed by atoms with Crippen molar-refractivity contribution in [3.63, 3.8) is 0 Å². The van der Waals surface area contributed by atoms with Crippen LogP contribution in [0.15, 0.2) is 85.5 Å². The van der Waals surface area contributed by atoms with E-state index in [1.165, 1.54) is 7.11 Å². The Balaban J connectivity index is 0.000000208. The number of esters is 1. The highest BCUT2D eigenvalue weighted by Gasteiger charge is 2.39. The number of nitrogens with one attached hydrogen (secondary N) is 1. The van der Waals surface area contributed by atoms with E-state index in [9.17, 15) is 19.8 Å². The molecule has 8 aromatic rings. The number of anilines is 4. The zero-order chi connectivity index (χ0) is 62.5. The molecule has 3 N–H and O–H groups in total. The maximum absolute atomic E-state index is 13.4. The molecule has 2 atom stereocenters. The van der Waals surface area contributed by atoms with Crippen LogP contribution < -0.4 is 15.1 Å². The number of methoxy groups -OCH3 is 1. The Morgan fingerprint density at radius 3 is 1.35 bits per heavy atom. The molecular formula is C69H90N10O7. The fourth-order valence-electron chi connectivity index (χ4n) is 11.9. The minimum absolute atomic E-state index is 0.119. The SMILES string of the molecule is CCN(CC)Cc1cnc(N2CCn3c(C)cc4c(-c5ccc(C)cc5)c([C@H](OC(C)(C)C)C(=O)O)c(C)c2c43)nc1.CCNCC.COC(=O)[C@@H](OC(C)(C)C)c1c(C)c2c3c(cc(C)n3CCN2c2ncc(CO)cn2)c1-c1ccc(C)cc1. The van der Waals surface area contributed by atoms with Crippen molar-refractivity contribution in [3.05, 3.63) is 141 Å². The lowest BCUT2D eigenvalue weighted by Crippen LogP contribution is -2.32. The van der Waals surface area contributed by atoms with E-state index >= 15 is 0 Å². The fourth-order valence-corrected chi connectivity index (χ4v) is 11.9. The zero-order valence-corrected chi connectivity index (χ0v) is 53.8. The summed E-state index contributed by atoms with van der Waals surface area (Å²) >= 11 is 0. The highest BCUT2D eigenvalue weighted by molar-refractivity contribution is 6.10. The lowest BCUT2D eigenvalue weighted by Gasteiger charge is -2.35. The van der Waals surface area contributed by atoms with Crippen molar-refractivity contribution in [2.24, 2.45) is 0 Å². The summed E-state index contributed by atoms with van der Waals surface area (Å²) in [7, 11) is 1.40. The highest BCUT2D eigenvalue weighted by Crippen LogP contribution is 2.51. The second-order valence-corrected chi connectivity index (χ2v) is 24.4. The number of ether oxygens (including phenoxy) is 3. The van der Waals surface area contributed by atoms with Crippen LogP contribution in [0.3, 0.4) is 0 Å². The van der Waals surface area contributed by atoms with Crippen LogP contribution in [-0.4, -0.2) is 114 Å². The van der Waals surface area contributed by atoms with Crippen molar-refractivity contribution >= 4 is 57.0 Å². The van der Waals surface area contributed by atoms with Gasteiger partial charge in [-0.25, -0.2) is 29.5 Å². The lowest BCUT2D eigenvalue weighted by molar-refractivity contribution is -0.164. The van der Waals surface area contributed by atoms with Crippen molar-refractivity contribution in [3.8, 4) is 22.3 Å². The first-order chi connectivity index (χ1) is 40.9. The van der Waals surface area contributed by atoms with Gasteiger partial charge >= 0.3 is 11.9 Å². The number of carboxylic acid groups (broad SMARTS) is 1. The second-order valence-electron chi connectivity index (χ2n) is 24.4. The Hall–Kier alpha value is -7.54. The molecule has 10 rings (SSSR count). The normalized spacial score (nSPS) is 13.8. The number of hydrogen-bond donors (Lipinski definition) is 3. The Bertz CT molecular complexity index is 3670. The number of rotatable bonds is 17. The quantitative estimate of drug-likeness (QED) is 0.0731. The van der Waals surface area contributed by atoms with Crippen molar-refractivity contribution in [2.75, 3.05) is 56.2 Å². The number of aliphatic hydroxyl groups excluding tert-OH is 1. The van der Waals surface area contributed by atoms with Gasteiger partial charge < -0.3 is 48.7 Å². The minimum Gasteiger partial charge on any atom is -0.479 e. The van der Waals surface area contributed by atoms with Crippen molar-refractivity contribution in [1.82, 2.24) is 39.3 Å². The third-order valence-corrected chi connectivity index (χ3v) is 15.9. The number of hydrogen-bond acceptors (Lipinski definition) is 14. The van der Waals surface area contributed by atoms with E-state index in [1.54, 1.807) is 12.4 Å². The van der Waals surface area contributed by atoms with Gasteiger partial charge in [-0.3, -0.25) is 4.90 Å².